The minimum atomic E-state index is -0.553. The highest BCUT2D eigenvalue weighted by molar-refractivity contribution is 7.99. The summed E-state index contributed by atoms with van der Waals surface area (Å²) < 4.78 is 15.5. The summed E-state index contributed by atoms with van der Waals surface area (Å²) in [6.07, 6.45) is 1.32. The molecule has 1 aliphatic heterocycles. The molecule has 0 saturated heterocycles. The second-order valence-corrected chi connectivity index (χ2v) is 8.10. The van der Waals surface area contributed by atoms with E-state index in [2.05, 4.69) is 21.6 Å². The predicted octanol–water partition coefficient (Wildman–Crippen LogP) is 2.61. The fraction of sp³-hybridized carbons (Fsp3) is 0.273. The van der Waals surface area contributed by atoms with Crippen LogP contribution in [0, 0.1) is 5.82 Å². The minimum Gasteiger partial charge on any atom is -0.351 e. The van der Waals surface area contributed by atoms with Crippen molar-refractivity contribution in [2.45, 2.75) is 18.0 Å². The highest BCUT2D eigenvalue weighted by Crippen LogP contribution is 2.28. The number of rotatable bonds is 7. The van der Waals surface area contributed by atoms with Gasteiger partial charge in [0.2, 0.25) is 5.91 Å². The predicted molar refractivity (Wildman–Crippen MR) is 117 cm³/mol. The Morgan fingerprint density at radius 2 is 1.90 bits per heavy atom. The topological polar surface area (TPSA) is 80.1 Å². The van der Waals surface area contributed by atoms with Crippen molar-refractivity contribution in [2.75, 3.05) is 23.7 Å². The highest BCUT2D eigenvalue weighted by Gasteiger charge is 2.24. The zero-order valence-corrected chi connectivity index (χ0v) is 17.9. The third-order valence-corrected chi connectivity index (χ3v) is 6.20. The Bertz CT molecular complexity index is 1120. The maximum atomic E-state index is 13.7. The number of thioether (sulfide) groups is 1. The molecule has 9 heteroatoms. The lowest BCUT2D eigenvalue weighted by atomic mass is 10.2. The van der Waals surface area contributed by atoms with Crippen LogP contribution in [0.3, 0.4) is 0 Å². The zero-order valence-electron chi connectivity index (χ0n) is 17.0. The van der Waals surface area contributed by atoms with Crippen molar-refractivity contribution < 1.29 is 14.0 Å². The van der Waals surface area contributed by atoms with Crippen LogP contribution in [0.1, 0.15) is 21.7 Å². The summed E-state index contributed by atoms with van der Waals surface area (Å²) in [4.78, 5) is 26.6. The van der Waals surface area contributed by atoms with Gasteiger partial charge in [-0.15, -0.1) is 10.2 Å². The molecule has 4 rings (SSSR count). The van der Waals surface area contributed by atoms with Gasteiger partial charge in [0.25, 0.3) is 5.91 Å². The van der Waals surface area contributed by atoms with E-state index in [9.17, 15) is 14.0 Å². The second-order valence-electron chi connectivity index (χ2n) is 7.16. The first-order valence-corrected chi connectivity index (χ1v) is 10.9. The van der Waals surface area contributed by atoms with Gasteiger partial charge in [0, 0.05) is 32.2 Å². The summed E-state index contributed by atoms with van der Waals surface area (Å²) in [6.45, 7) is 0.998. The van der Waals surface area contributed by atoms with Crippen LogP contribution in [0.5, 0.6) is 0 Å². The Labute approximate surface area is 183 Å². The van der Waals surface area contributed by atoms with Gasteiger partial charge in [-0.3, -0.25) is 9.59 Å². The largest absolute Gasteiger partial charge is 0.351 e. The number of hydrogen-bond acceptors (Lipinski definition) is 5. The molecule has 2 heterocycles. The number of carbonyl (C=O) groups is 2. The average Bonchev–Trinajstić information content (AvgIpc) is 3.36. The fourth-order valence-electron chi connectivity index (χ4n) is 3.52. The molecule has 0 atom stereocenters. The van der Waals surface area contributed by atoms with E-state index in [0.717, 1.165) is 12.1 Å². The first-order valence-electron chi connectivity index (χ1n) is 9.96. The molecule has 31 heavy (non-hydrogen) atoms. The van der Waals surface area contributed by atoms with Crippen molar-refractivity contribution in [1.29, 1.82) is 0 Å². The maximum Gasteiger partial charge on any atom is 0.254 e. The van der Waals surface area contributed by atoms with Crippen molar-refractivity contribution in [2.24, 2.45) is 7.05 Å². The Balaban J connectivity index is 1.29. The van der Waals surface area contributed by atoms with Crippen LogP contribution in [0.2, 0.25) is 0 Å². The Morgan fingerprint density at radius 1 is 1.13 bits per heavy atom. The molecule has 1 N–H and O–H groups in total. The molecule has 1 aliphatic rings. The van der Waals surface area contributed by atoms with Gasteiger partial charge in [-0.2, -0.15) is 0 Å². The number of hydrogen-bond donors (Lipinski definition) is 1. The van der Waals surface area contributed by atoms with Crippen LogP contribution >= 0.6 is 11.8 Å². The molecule has 0 saturated carbocycles. The number of nitrogens with one attached hydrogen (secondary N) is 1. The van der Waals surface area contributed by atoms with E-state index in [1.165, 1.54) is 35.5 Å². The molecule has 2 amide bonds. The quantitative estimate of drug-likeness (QED) is 0.573. The van der Waals surface area contributed by atoms with Crippen LogP contribution in [-0.4, -0.2) is 45.4 Å². The van der Waals surface area contributed by atoms with Gasteiger partial charge < -0.3 is 14.8 Å². The van der Waals surface area contributed by atoms with Gasteiger partial charge >= 0.3 is 0 Å². The van der Waals surface area contributed by atoms with Crippen molar-refractivity contribution in [3.05, 3.63) is 71.3 Å². The molecule has 1 aromatic heterocycles. The Kier molecular flexibility index (Phi) is 6.31. The summed E-state index contributed by atoms with van der Waals surface area (Å²) in [7, 11) is 1.83. The van der Waals surface area contributed by atoms with Crippen molar-refractivity contribution in [3.8, 4) is 0 Å². The summed E-state index contributed by atoms with van der Waals surface area (Å²) >= 11 is 1.34. The summed E-state index contributed by atoms with van der Waals surface area (Å²) in [5.74, 6) is -0.0365. The first-order chi connectivity index (χ1) is 15.0. The fourth-order valence-corrected chi connectivity index (χ4v) is 4.32. The van der Waals surface area contributed by atoms with E-state index >= 15 is 0 Å². The molecule has 0 bridgehead atoms. The first kappa shape index (κ1) is 21.0. The van der Waals surface area contributed by atoms with Gasteiger partial charge in [-0.25, -0.2) is 4.39 Å². The lowest BCUT2D eigenvalue weighted by molar-refractivity contribution is -0.116. The van der Waals surface area contributed by atoms with E-state index in [4.69, 9.17) is 0 Å². The number of fused-ring (bicyclic) bond motifs is 1. The van der Waals surface area contributed by atoms with Crippen LogP contribution in [0.15, 0.2) is 53.7 Å². The van der Waals surface area contributed by atoms with E-state index < -0.39 is 11.7 Å². The molecule has 7 nitrogen and oxygen atoms in total. The van der Waals surface area contributed by atoms with Crippen molar-refractivity contribution in [3.63, 3.8) is 0 Å². The number of carbonyl (C=O) groups excluding carboxylic acids is 2. The second kappa shape index (κ2) is 9.30. The molecule has 0 fully saturated rings. The van der Waals surface area contributed by atoms with Crippen LogP contribution < -0.4 is 10.2 Å². The van der Waals surface area contributed by atoms with Gasteiger partial charge in [0.15, 0.2) is 5.16 Å². The van der Waals surface area contributed by atoms with E-state index in [-0.39, 0.29) is 17.2 Å². The van der Waals surface area contributed by atoms with Crippen LogP contribution in [-0.2, 0) is 24.7 Å². The van der Waals surface area contributed by atoms with Gasteiger partial charge in [0.1, 0.15) is 11.6 Å². The summed E-state index contributed by atoms with van der Waals surface area (Å²) in [5.41, 5.74) is 2.19. The minimum absolute atomic E-state index is 0.0127. The monoisotopic (exact) mass is 439 g/mol. The molecule has 0 spiro atoms. The van der Waals surface area contributed by atoms with Gasteiger partial charge in [0.05, 0.1) is 11.3 Å². The van der Waals surface area contributed by atoms with Gasteiger partial charge in [-0.1, -0.05) is 42.1 Å². The molecule has 2 aromatic carbocycles. The van der Waals surface area contributed by atoms with E-state index in [1.54, 1.807) is 6.07 Å². The summed E-state index contributed by atoms with van der Waals surface area (Å²) in [6, 6.07) is 13.8. The van der Waals surface area contributed by atoms with Crippen molar-refractivity contribution >= 4 is 29.3 Å². The van der Waals surface area contributed by atoms with Crippen LogP contribution in [0.4, 0.5) is 10.1 Å². The third kappa shape index (κ3) is 4.61. The molecule has 160 valence electrons. The standard InChI is InChI=1S/C22H22FN5O2S/c1-27-19(10-12-24-21(30)16-7-3-4-8-17(16)23)25-26-22(27)31-14-20(29)28-13-11-15-6-2-5-9-18(15)28/h2-9H,10-14H2,1H3,(H,24,30). The maximum absolute atomic E-state index is 13.7. The lowest BCUT2D eigenvalue weighted by Crippen LogP contribution is -2.30. The van der Waals surface area contributed by atoms with Crippen molar-refractivity contribution in [1.82, 2.24) is 20.1 Å². The molecule has 0 aliphatic carbocycles. The van der Waals surface area contributed by atoms with Gasteiger partial charge in [-0.05, 0) is 30.2 Å². The van der Waals surface area contributed by atoms with Crippen LogP contribution in [0.25, 0.3) is 0 Å². The molecule has 0 unspecified atom stereocenters. The number of benzene rings is 2. The number of aromatic nitrogens is 3. The molecular weight excluding hydrogens is 417 g/mol. The third-order valence-electron chi connectivity index (χ3n) is 5.19. The Morgan fingerprint density at radius 3 is 2.74 bits per heavy atom. The number of halogens is 1. The molecule has 0 radical (unpaired) electrons. The summed E-state index contributed by atoms with van der Waals surface area (Å²) in [5, 5.41) is 11.6. The smallest absolute Gasteiger partial charge is 0.254 e. The highest BCUT2D eigenvalue weighted by atomic mass is 32.2. The van der Waals surface area contributed by atoms with E-state index in [0.29, 0.717) is 30.5 Å². The number of amides is 2. The zero-order chi connectivity index (χ0) is 21.8. The number of anilines is 1. The molecule has 3 aromatic rings. The average molecular weight is 440 g/mol. The SMILES string of the molecule is Cn1c(CCNC(=O)c2ccccc2F)nnc1SCC(=O)N1CCc2ccccc21. The lowest BCUT2D eigenvalue weighted by Gasteiger charge is -2.16. The number of para-hydroxylation sites is 1. The number of nitrogens with zero attached hydrogens (tertiary/aromatic N) is 4. The molecular formula is C22H22FN5O2S. The Hall–Kier alpha value is -3.20. The van der Waals surface area contributed by atoms with E-state index in [1.807, 2.05) is 34.7 Å². The normalized spacial score (nSPS) is 12.6.